The van der Waals surface area contributed by atoms with Crippen molar-refractivity contribution in [3.8, 4) is 0 Å². The highest BCUT2D eigenvalue weighted by Crippen LogP contribution is 2.22. The van der Waals surface area contributed by atoms with Crippen molar-refractivity contribution in [2.45, 2.75) is 45.8 Å². The number of hydrogen-bond donors (Lipinski definition) is 2. The van der Waals surface area contributed by atoms with E-state index in [1.54, 1.807) is 13.8 Å². The number of carboxylic acid groups (broad SMARTS) is 1. The van der Waals surface area contributed by atoms with Gasteiger partial charge in [-0.3, -0.25) is 4.79 Å². The monoisotopic (exact) mass is 236 g/mol. The molecular formula is C13H20N2O2. The molecule has 4 heteroatoms. The molecule has 4 nitrogen and oxygen atoms in total. The average Bonchev–Trinajstić information content (AvgIpc) is 2.97. The molecule has 0 unspecified atom stereocenters. The number of aromatic nitrogens is 1. The third-order valence-corrected chi connectivity index (χ3v) is 3.22. The van der Waals surface area contributed by atoms with Crippen LogP contribution in [0.25, 0.3) is 0 Å². The maximum Gasteiger partial charge on any atom is 0.310 e. The third kappa shape index (κ3) is 3.09. The molecule has 1 aliphatic carbocycles. The molecule has 0 saturated heterocycles. The van der Waals surface area contributed by atoms with Crippen LogP contribution in [0.3, 0.4) is 0 Å². The van der Waals surface area contributed by atoms with Gasteiger partial charge in [-0.2, -0.15) is 0 Å². The van der Waals surface area contributed by atoms with Gasteiger partial charge in [0.25, 0.3) is 0 Å². The summed E-state index contributed by atoms with van der Waals surface area (Å²) in [6.45, 7) is 4.85. The Morgan fingerprint density at radius 2 is 2.29 bits per heavy atom. The molecule has 0 spiro atoms. The number of carbonyl (C=O) groups is 1. The molecule has 0 amide bonds. The Morgan fingerprint density at radius 3 is 2.88 bits per heavy atom. The van der Waals surface area contributed by atoms with Gasteiger partial charge < -0.3 is 15.0 Å². The molecule has 1 aromatic rings. The Morgan fingerprint density at radius 1 is 1.59 bits per heavy atom. The first-order chi connectivity index (χ1) is 7.99. The Bertz CT molecular complexity index is 405. The van der Waals surface area contributed by atoms with Crippen molar-refractivity contribution in [1.29, 1.82) is 0 Å². The van der Waals surface area contributed by atoms with Gasteiger partial charge in [-0.1, -0.05) is 0 Å². The molecule has 1 aromatic heterocycles. The maximum atomic E-state index is 11.1. The molecule has 1 heterocycles. The minimum atomic E-state index is -0.757. The summed E-state index contributed by atoms with van der Waals surface area (Å²) in [6.07, 6.45) is 4.48. The average molecular weight is 236 g/mol. The summed E-state index contributed by atoms with van der Waals surface area (Å²) < 4.78 is 2.03. The fourth-order valence-electron chi connectivity index (χ4n) is 1.79. The normalized spacial score (nSPS) is 16.1. The Balaban J connectivity index is 1.99. The zero-order valence-electron chi connectivity index (χ0n) is 10.4. The minimum absolute atomic E-state index is 0.511. The van der Waals surface area contributed by atoms with Crippen LogP contribution in [0.2, 0.25) is 0 Å². The number of aliphatic carboxylic acids is 1. The summed E-state index contributed by atoms with van der Waals surface area (Å²) in [4.78, 5) is 11.1. The first-order valence-corrected chi connectivity index (χ1v) is 6.10. The zero-order chi connectivity index (χ0) is 12.5. The van der Waals surface area contributed by atoms with Gasteiger partial charge in [0, 0.05) is 31.0 Å². The number of rotatable bonds is 6. The van der Waals surface area contributed by atoms with Crippen LogP contribution in [0.5, 0.6) is 0 Å². The lowest BCUT2D eigenvalue weighted by molar-refractivity contribution is -0.147. The topological polar surface area (TPSA) is 54.3 Å². The van der Waals surface area contributed by atoms with Crippen LogP contribution in [0.15, 0.2) is 18.3 Å². The Hall–Kier alpha value is -1.29. The second-order valence-corrected chi connectivity index (χ2v) is 5.47. The first-order valence-electron chi connectivity index (χ1n) is 6.10. The summed E-state index contributed by atoms with van der Waals surface area (Å²) in [7, 11) is 0. The summed E-state index contributed by atoms with van der Waals surface area (Å²) >= 11 is 0. The van der Waals surface area contributed by atoms with Crippen molar-refractivity contribution < 1.29 is 9.90 Å². The van der Waals surface area contributed by atoms with Crippen molar-refractivity contribution in [3.63, 3.8) is 0 Å². The molecule has 0 aliphatic heterocycles. The maximum absolute atomic E-state index is 11.1. The molecule has 2 rings (SSSR count). The zero-order valence-corrected chi connectivity index (χ0v) is 10.4. The summed E-state index contributed by atoms with van der Waals surface area (Å²) in [5.41, 5.74) is 0.430. The SMILES string of the molecule is CC(C)(Cn1cccc1CNC1CC1)C(=O)O. The van der Waals surface area contributed by atoms with E-state index in [2.05, 4.69) is 5.32 Å². The smallest absolute Gasteiger partial charge is 0.310 e. The van der Waals surface area contributed by atoms with Gasteiger partial charge >= 0.3 is 5.97 Å². The largest absolute Gasteiger partial charge is 0.481 e. The number of nitrogens with zero attached hydrogens (tertiary/aromatic N) is 1. The van der Waals surface area contributed by atoms with E-state index in [1.807, 2.05) is 22.9 Å². The van der Waals surface area contributed by atoms with E-state index in [4.69, 9.17) is 5.11 Å². The number of nitrogens with one attached hydrogen (secondary N) is 1. The summed E-state index contributed by atoms with van der Waals surface area (Å²) in [6, 6.07) is 4.70. The van der Waals surface area contributed by atoms with Gasteiger partial charge in [0.2, 0.25) is 0 Å². The van der Waals surface area contributed by atoms with Gasteiger partial charge in [0.1, 0.15) is 0 Å². The highest BCUT2D eigenvalue weighted by atomic mass is 16.4. The van der Waals surface area contributed by atoms with E-state index in [-0.39, 0.29) is 0 Å². The fourth-order valence-corrected chi connectivity index (χ4v) is 1.79. The second-order valence-electron chi connectivity index (χ2n) is 5.47. The van der Waals surface area contributed by atoms with Crippen molar-refractivity contribution in [3.05, 3.63) is 24.0 Å². The van der Waals surface area contributed by atoms with Gasteiger partial charge in [-0.15, -0.1) is 0 Å². The van der Waals surface area contributed by atoms with Crippen LogP contribution in [0.4, 0.5) is 0 Å². The van der Waals surface area contributed by atoms with Crippen molar-refractivity contribution in [1.82, 2.24) is 9.88 Å². The molecule has 1 aliphatic rings. The standard InChI is InChI=1S/C13H20N2O2/c1-13(2,12(16)17)9-15-7-3-4-11(15)8-14-10-5-6-10/h3-4,7,10,14H,5-6,8-9H2,1-2H3,(H,16,17). The van der Waals surface area contributed by atoms with Gasteiger partial charge in [0.15, 0.2) is 0 Å². The first kappa shape index (κ1) is 12.2. The van der Waals surface area contributed by atoms with E-state index >= 15 is 0 Å². The summed E-state index contributed by atoms with van der Waals surface area (Å²) in [5.74, 6) is -0.757. The second kappa shape index (κ2) is 4.53. The Labute approximate surface area is 102 Å². The van der Waals surface area contributed by atoms with Crippen LogP contribution in [0, 0.1) is 5.41 Å². The molecule has 0 radical (unpaired) electrons. The molecule has 0 aromatic carbocycles. The van der Waals surface area contributed by atoms with Crippen LogP contribution in [0.1, 0.15) is 32.4 Å². The van der Waals surface area contributed by atoms with E-state index in [1.165, 1.54) is 12.8 Å². The van der Waals surface area contributed by atoms with E-state index in [9.17, 15) is 4.79 Å². The highest BCUT2D eigenvalue weighted by Gasteiger charge is 2.28. The molecule has 2 N–H and O–H groups in total. The van der Waals surface area contributed by atoms with Crippen LogP contribution < -0.4 is 5.32 Å². The minimum Gasteiger partial charge on any atom is -0.481 e. The summed E-state index contributed by atoms with van der Waals surface area (Å²) in [5, 5.41) is 12.6. The lowest BCUT2D eigenvalue weighted by Gasteiger charge is -2.21. The molecule has 94 valence electrons. The number of hydrogen-bond acceptors (Lipinski definition) is 2. The Kier molecular flexibility index (Phi) is 3.24. The van der Waals surface area contributed by atoms with Crippen LogP contribution in [-0.2, 0) is 17.9 Å². The highest BCUT2D eigenvalue weighted by molar-refractivity contribution is 5.73. The molecular weight excluding hydrogens is 216 g/mol. The van der Waals surface area contributed by atoms with Gasteiger partial charge in [-0.05, 0) is 38.8 Å². The third-order valence-electron chi connectivity index (χ3n) is 3.22. The van der Waals surface area contributed by atoms with Gasteiger partial charge in [-0.25, -0.2) is 0 Å². The van der Waals surface area contributed by atoms with Crippen molar-refractivity contribution in [2.24, 2.45) is 5.41 Å². The van der Waals surface area contributed by atoms with E-state index in [0.29, 0.717) is 12.6 Å². The molecule has 1 saturated carbocycles. The molecule has 1 fully saturated rings. The fraction of sp³-hybridized carbons (Fsp3) is 0.615. The van der Waals surface area contributed by atoms with Crippen LogP contribution >= 0.6 is 0 Å². The van der Waals surface area contributed by atoms with Crippen LogP contribution in [-0.4, -0.2) is 21.7 Å². The lowest BCUT2D eigenvalue weighted by atomic mass is 9.94. The lowest BCUT2D eigenvalue weighted by Crippen LogP contribution is -2.30. The predicted octanol–water partition coefficient (Wildman–Crippen LogP) is 1.85. The van der Waals surface area contributed by atoms with E-state index < -0.39 is 11.4 Å². The number of carboxylic acids is 1. The van der Waals surface area contributed by atoms with Gasteiger partial charge in [0.05, 0.1) is 5.41 Å². The molecule has 0 atom stereocenters. The van der Waals surface area contributed by atoms with Crippen molar-refractivity contribution in [2.75, 3.05) is 0 Å². The van der Waals surface area contributed by atoms with Crippen molar-refractivity contribution >= 4 is 5.97 Å². The predicted molar refractivity (Wildman–Crippen MR) is 65.7 cm³/mol. The van der Waals surface area contributed by atoms with E-state index in [0.717, 1.165) is 12.2 Å². The quantitative estimate of drug-likeness (QED) is 0.792. The molecule has 0 bridgehead atoms. The molecule has 17 heavy (non-hydrogen) atoms.